The molecule has 2 atom stereocenters. The predicted molar refractivity (Wildman–Crippen MR) is 123 cm³/mol. The third-order valence-electron chi connectivity index (χ3n) is 6.09. The van der Waals surface area contributed by atoms with Gasteiger partial charge in [-0.1, -0.05) is 35.9 Å². The highest BCUT2D eigenvalue weighted by Crippen LogP contribution is 2.42. The van der Waals surface area contributed by atoms with Crippen molar-refractivity contribution in [1.82, 2.24) is 4.90 Å². The monoisotopic (exact) mass is 451 g/mol. The Morgan fingerprint density at radius 1 is 1.15 bits per heavy atom. The summed E-state index contributed by atoms with van der Waals surface area (Å²) in [5.41, 5.74) is 2.23. The maximum absolute atomic E-state index is 13.2. The Morgan fingerprint density at radius 2 is 1.91 bits per heavy atom. The fraction of sp³-hybridized carbons (Fsp3) is 0.385. The van der Waals surface area contributed by atoms with Gasteiger partial charge in [-0.05, 0) is 44.4 Å². The summed E-state index contributed by atoms with van der Waals surface area (Å²) in [5.74, 6) is -0.479. The number of ether oxygens (including phenoxy) is 3. The molecule has 7 heteroatoms. The number of benzene rings is 2. The van der Waals surface area contributed by atoms with E-state index in [1.807, 2.05) is 26.0 Å². The smallest absolute Gasteiger partial charge is 0.295 e. The van der Waals surface area contributed by atoms with Gasteiger partial charge in [-0.2, -0.15) is 0 Å². The summed E-state index contributed by atoms with van der Waals surface area (Å²) in [6, 6.07) is 11.7. The van der Waals surface area contributed by atoms with Crippen LogP contribution in [0, 0.1) is 6.92 Å². The third kappa shape index (κ3) is 4.46. The van der Waals surface area contributed by atoms with Crippen LogP contribution in [0.1, 0.15) is 42.5 Å². The Balaban J connectivity index is 1.83. The molecule has 0 radical (unpaired) electrons. The van der Waals surface area contributed by atoms with Crippen molar-refractivity contribution in [2.24, 2.45) is 0 Å². The lowest BCUT2D eigenvalue weighted by atomic mass is 9.94. The average molecular weight is 452 g/mol. The fourth-order valence-electron chi connectivity index (χ4n) is 4.42. The first-order chi connectivity index (χ1) is 15.9. The van der Waals surface area contributed by atoms with Crippen LogP contribution in [-0.4, -0.2) is 54.7 Å². The maximum Gasteiger partial charge on any atom is 0.295 e. The quantitative estimate of drug-likeness (QED) is 0.389. The van der Waals surface area contributed by atoms with Crippen molar-refractivity contribution >= 4 is 17.4 Å². The summed E-state index contributed by atoms with van der Waals surface area (Å²) < 4.78 is 16.9. The van der Waals surface area contributed by atoms with Gasteiger partial charge in [0.05, 0.1) is 31.4 Å². The normalized spacial score (nSPS) is 22.1. The first kappa shape index (κ1) is 22.9. The van der Waals surface area contributed by atoms with Crippen molar-refractivity contribution in [3.8, 4) is 11.5 Å². The summed E-state index contributed by atoms with van der Waals surface area (Å²) in [5, 5.41) is 11.2. The zero-order valence-electron chi connectivity index (χ0n) is 19.2. The molecule has 2 aromatic rings. The number of nitrogens with zero attached hydrogens (tertiary/aromatic N) is 1. The molecule has 2 saturated heterocycles. The third-order valence-corrected chi connectivity index (χ3v) is 6.09. The van der Waals surface area contributed by atoms with Gasteiger partial charge in [0.2, 0.25) is 0 Å². The lowest BCUT2D eigenvalue weighted by molar-refractivity contribution is -0.140. The molecule has 4 rings (SSSR count). The number of carbonyl (C=O) groups excluding carboxylic acids is 2. The van der Waals surface area contributed by atoms with E-state index in [1.165, 1.54) is 12.0 Å². The molecule has 7 nitrogen and oxygen atoms in total. The van der Waals surface area contributed by atoms with Gasteiger partial charge >= 0.3 is 0 Å². The number of hydrogen-bond donors (Lipinski definition) is 1. The van der Waals surface area contributed by atoms with Gasteiger partial charge in [-0.25, -0.2) is 0 Å². The number of amides is 1. The number of aliphatic hydroxyl groups excluding tert-OH is 1. The van der Waals surface area contributed by atoms with Crippen molar-refractivity contribution in [2.45, 2.75) is 38.8 Å². The van der Waals surface area contributed by atoms with Gasteiger partial charge in [-0.15, -0.1) is 0 Å². The fourth-order valence-corrected chi connectivity index (χ4v) is 4.42. The summed E-state index contributed by atoms with van der Waals surface area (Å²) in [4.78, 5) is 27.8. The Kier molecular flexibility index (Phi) is 6.70. The van der Waals surface area contributed by atoms with Crippen LogP contribution < -0.4 is 9.47 Å². The van der Waals surface area contributed by atoms with E-state index in [-0.39, 0.29) is 24.0 Å². The molecule has 0 saturated carbocycles. The van der Waals surface area contributed by atoms with Crippen LogP contribution in [-0.2, 0) is 14.3 Å². The molecule has 2 fully saturated rings. The molecule has 2 aromatic carbocycles. The summed E-state index contributed by atoms with van der Waals surface area (Å²) in [7, 11) is 1.54. The second-order valence-corrected chi connectivity index (χ2v) is 8.30. The minimum atomic E-state index is -0.764. The van der Waals surface area contributed by atoms with Crippen molar-refractivity contribution < 1.29 is 28.9 Å². The number of Topliss-reactive ketones (excluding diaryl/α,β-unsaturated/α-hetero) is 1. The summed E-state index contributed by atoms with van der Waals surface area (Å²) in [6.07, 6.45) is 1.59. The average Bonchev–Trinajstić information content (AvgIpc) is 3.42. The highest BCUT2D eigenvalue weighted by molar-refractivity contribution is 6.46. The van der Waals surface area contributed by atoms with E-state index in [4.69, 9.17) is 14.2 Å². The lowest BCUT2D eigenvalue weighted by Crippen LogP contribution is -2.36. The molecule has 2 aliphatic rings. The zero-order chi connectivity index (χ0) is 23.5. The first-order valence-corrected chi connectivity index (χ1v) is 11.2. The van der Waals surface area contributed by atoms with E-state index >= 15 is 0 Å². The van der Waals surface area contributed by atoms with E-state index in [1.54, 1.807) is 30.3 Å². The van der Waals surface area contributed by atoms with E-state index in [9.17, 15) is 14.7 Å². The van der Waals surface area contributed by atoms with Gasteiger partial charge in [0.25, 0.3) is 11.7 Å². The van der Waals surface area contributed by atoms with Gasteiger partial charge in [-0.3, -0.25) is 9.59 Å². The Labute approximate surface area is 193 Å². The number of hydrogen-bond acceptors (Lipinski definition) is 6. The van der Waals surface area contributed by atoms with Gasteiger partial charge in [0.15, 0.2) is 11.5 Å². The van der Waals surface area contributed by atoms with E-state index < -0.39 is 17.7 Å². The highest BCUT2D eigenvalue weighted by atomic mass is 16.5. The molecule has 1 N–H and O–H groups in total. The Hall–Kier alpha value is -3.32. The molecule has 0 aliphatic carbocycles. The van der Waals surface area contributed by atoms with Crippen LogP contribution in [0.5, 0.6) is 11.5 Å². The molecule has 0 spiro atoms. The summed E-state index contributed by atoms with van der Waals surface area (Å²) >= 11 is 0. The molecule has 0 aromatic heterocycles. The van der Waals surface area contributed by atoms with Crippen LogP contribution >= 0.6 is 0 Å². The minimum absolute atomic E-state index is 0.0630. The van der Waals surface area contributed by atoms with Gasteiger partial charge in [0, 0.05) is 18.7 Å². The Morgan fingerprint density at radius 3 is 2.55 bits per heavy atom. The number of likely N-dealkylation sites (tertiary alicyclic amines) is 1. The number of methoxy groups -OCH3 is 1. The molecule has 2 unspecified atom stereocenters. The largest absolute Gasteiger partial charge is 0.507 e. The molecule has 2 aliphatic heterocycles. The molecule has 1 amide bonds. The van der Waals surface area contributed by atoms with Crippen LogP contribution in [0.25, 0.3) is 5.76 Å². The SMILES string of the molecule is CCOc1ccc(C2C(=C(O)c3ccc(C)cc3)C(=O)C(=O)N2CC2CCCO2)cc1OC. The van der Waals surface area contributed by atoms with Gasteiger partial charge < -0.3 is 24.2 Å². The summed E-state index contributed by atoms with van der Waals surface area (Å²) in [6.45, 7) is 5.21. The minimum Gasteiger partial charge on any atom is -0.507 e. The number of aliphatic hydroxyl groups is 1. The zero-order valence-corrected chi connectivity index (χ0v) is 19.2. The van der Waals surface area contributed by atoms with Crippen LogP contribution in [0.15, 0.2) is 48.0 Å². The van der Waals surface area contributed by atoms with Crippen LogP contribution in [0.4, 0.5) is 0 Å². The van der Waals surface area contributed by atoms with Crippen LogP contribution in [0.3, 0.4) is 0 Å². The van der Waals surface area contributed by atoms with E-state index in [2.05, 4.69) is 0 Å². The number of ketones is 1. The Bertz CT molecular complexity index is 1070. The number of rotatable bonds is 7. The lowest BCUT2D eigenvalue weighted by Gasteiger charge is -2.28. The van der Waals surface area contributed by atoms with E-state index in [0.717, 1.165) is 18.4 Å². The second kappa shape index (κ2) is 9.67. The molecular formula is C26H29NO6. The van der Waals surface area contributed by atoms with Crippen LogP contribution in [0.2, 0.25) is 0 Å². The van der Waals surface area contributed by atoms with E-state index in [0.29, 0.717) is 35.8 Å². The second-order valence-electron chi connectivity index (χ2n) is 8.30. The predicted octanol–water partition coefficient (Wildman–Crippen LogP) is 4.00. The molecule has 2 heterocycles. The first-order valence-electron chi connectivity index (χ1n) is 11.2. The van der Waals surface area contributed by atoms with Crippen molar-refractivity contribution in [3.63, 3.8) is 0 Å². The standard InChI is InChI=1S/C26H29NO6/c1-4-32-20-12-11-18(14-21(20)31-3)23-22(24(28)17-9-7-16(2)8-10-17)25(29)26(30)27(23)15-19-6-5-13-33-19/h7-12,14,19,23,28H,4-6,13,15H2,1-3H3. The topological polar surface area (TPSA) is 85.3 Å². The maximum atomic E-state index is 13.2. The molecule has 0 bridgehead atoms. The van der Waals surface area contributed by atoms with Crippen molar-refractivity contribution in [1.29, 1.82) is 0 Å². The number of carbonyl (C=O) groups is 2. The van der Waals surface area contributed by atoms with Crippen molar-refractivity contribution in [3.05, 3.63) is 64.7 Å². The molecule has 174 valence electrons. The molecule has 33 heavy (non-hydrogen) atoms. The molecular weight excluding hydrogens is 422 g/mol. The van der Waals surface area contributed by atoms with Crippen molar-refractivity contribution in [2.75, 3.05) is 26.9 Å². The number of aryl methyl sites for hydroxylation is 1. The highest BCUT2D eigenvalue weighted by Gasteiger charge is 2.47. The van der Waals surface area contributed by atoms with Gasteiger partial charge in [0.1, 0.15) is 5.76 Å².